The molecule has 1 saturated heterocycles. The van der Waals surface area contributed by atoms with E-state index in [1.54, 1.807) is 19.1 Å². The van der Waals surface area contributed by atoms with Crippen molar-refractivity contribution in [3.05, 3.63) is 65.2 Å². The predicted octanol–water partition coefficient (Wildman–Crippen LogP) is 3.15. The van der Waals surface area contributed by atoms with Crippen LogP contribution in [0.3, 0.4) is 0 Å². The van der Waals surface area contributed by atoms with Gasteiger partial charge in [0.15, 0.2) is 0 Å². The molecule has 2 N–H and O–H groups in total. The number of piperidine rings is 1. The van der Waals surface area contributed by atoms with Gasteiger partial charge in [-0.05, 0) is 67.2 Å². The number of hydrogen-bond acceptors (Lipinski definition) is 4. The Hall–Kier alpha value is -2.22. The zero-order valence-electron chi connectivity index (χ0n) is 17.7. The van der Waals surface area contributed by atoms with Crippen molar-refractivity contribution in [3.63, 3.8) is 0 Å². The molecule has 1 fully saturated rings. The van der Waals surface area contributed by atoms with Gasteiger partial charge in [-0.3, -0.25) is 9.69 Å². The molecule has 0 aromatic heterocycles. The van der Waals surface area contributed by atoms with Crippen LogP contribution in [0.2, 0.25) is 0 Å². The van der Waals surface area contributed by atoms with E-state index in [0.717, 1.165) is 31.1 Å². The van der Waals surface area contributed by atoms with Gasteiger partial charge >= 0.3 is 0 Å². The van der Waals surface area contributed by atoms with Gasteiger partial charge in [-0.15, -0.1) is 0 Å². The Kier molecular flexibility index (Phi) is 7.64. The minimum Gasteiger partial charge on any atom is -0.348 e. The third kappa shape index (κ3) is 5.90. The van der Waals surface area contributed by atoms with Crippen LogP contribution in [-0.4, -0.2) is 38.9 Å². The molecule has 7 heteroatoms. The van der Waals surface area contributed by atoms with E-state index in [4.69, 9.17) is 0 Å². The predicted molar refractivity (Wildman–Crippen MR) is 119 cm³/mol. The Bertz CT molecular complexity index is 950. The standard InChI is InChI=1S/C23H31N3O3S/c1-3-25-30(28,29)22-10-8-19(9-11-22)23(27)24-16-20-6-4-5-7-21(20)17-26-14-12-18(2)13-15-26/h4-11,18,25H,3,12-17H2,1-2H3,(H,24,27). The van der Waals surface area contributed by atoms with Crippen LogP contribution in [0.4, 0.5) is 0 Å². The first-order chi connectivity index (χ1) is 14.4. The van der Waals surface area contributed by atoms with Gasteiger partial charge in [-0.1, -0.05) is 38.1 Å². The van der Waals surface area contributed by atoms with E-state index < -0.39 is 10.0 Å². The molecule has 0 bridgehead atoms. The number of nitrogens with zero attached hydrogens (tertiary/aromatic N) is 1. The number of nitrogens with one attached hydrogen (secondary N) is 2. The lowest BCUT2D eigenvalue weighted by Gasteiger charge is -2.30. The van der Waals surface area contributed by atoms with E-state index in [0.29, 0.717) is 18.7 Å². The van der Waals surface area contributed by atoms with E-state index in [9.17, 15) is 13.2 Å². The summed E-state index contributed by atoms with van der Waals surface area (Å²) in [4.78, 5) is 15.2. The second-order valence-electron chi connectivity index (χ2n) is 7.94. The van der Waals surface area contributed by atoms with Crippen LogP contribution in [0.15, 0.2) is 53.4 Å². The first-order valence-electron chi connectivity index (χ1n) is 10.6. The molecule has 1 aliphatic heterocycles. The molecule has 0 saturated carbocycles. The summed E-state index contributed by atoms with van der Waals surface area (Å²) < 4.78 is 26.5. The molecule has 0 radical (unpaired) electrons. The lowest BCUT2D eigenvalue weighted by molar-refractivity contribution is 0.0950. The number of sulfonamides is 1. The van der Waals surface area contributed by atoms with Crippen LogP contribution in [0, 0.1) is 5.92 Å². The first kappa shape index (κ1) is 22.5. The topological polar surface area (TPSA) is 78.5 Å². The Balaban J connectivity index is 1.61. The molecule has 0 unspecified atom stereocenters. The Morgan fingerprint density at radius 2 is 1.67 bits per heavy atom. The molecule has 1 aliphatic rings. The Labute approximate surface area is 179 Å². The Morgan fingerprint density at radius 3 is 2.30 bits per heavy atom. The van der Waals surface area contributed by atoms with Gasteiger partial charge < -0.3 is 5.32 Å². The molecule has 0 aliphatic carbocycles. The zero-order valence-corrected chi connectivity index (χ0v) is 18.5. The number of likely N-dealkylation sites (tertiary alicyclic amines) is 1. The highest BCUT2D eigenvalue weighted by atomic mass is 32.2. The third-order valence-corrected chi connectivity index (χ3v) is 7.15. The molecule has 0 atom stereocenters. The first-order valence-corrected chi connectivity index (χ1v) is 12.0. The fourth-order valence-corrected chi connectivity index (χ4v) is 4.72. The molecule has 2 aromatic carbocycles. The van der Waals surface area contributed by atoms with Crippen LogP contribution in [-0.2, 0) is 23.1 Å². The number of carbonyl (C=O) groups excluding carboxylic acids is 1. The smallest absolute Gasteiger partial charge is 0.251 e. The van der Waals surface area contributed by atoms with Crippen molar-refractivity contribution in [1.82, 2.24) is 14.9 Å². The van der Waals surface area contributed by atoms with Crippen LogP contribution in [0.1, 0.15) is 48.2 Å². The summed E-state index contributed by atoms with van der Waals surface area (Å²) in [6, 6.07) is 14.2. The van der Waals surface area contributed by atoms with Crippen molar-refractivity contribution in [2.45, 2.75) is 44.7 Å². The van der Waals surface area contributed by atoms with Gasteiger partial charge in [0.25, 0.3) is 5.91 Å². The summed E-state index contributed by atoms with van der Waals surface area (Å²) >= 11 is 0. The number of rotatable bonds is 8. The summed E-state index contributed by atoms with van der Waals surface area (Å²) in [6.07, 6.45) is 2.47. The Morgan fingerprint density at radius 1 is 1.03 bits per heavy atom. The van der Waals surface area contributed by atoms with Crippen LogP contribution >= 0.6 is 0 Å². The second-order valence-corrected chi connectivity index (χ2v) is 9.70. The molecule has 1 amide bonds. The molecular weight excluding hydrogens is 398 g/mol. The quantitative estimate of drug-likeness (QED) is 0.676. The summed E-state index contributed by atoms with van der Waals surface area (Å²) in [5.74, 6) is 0.582. The van der Waals surface area contributed by atoms with E-state index in [1.165, 1.54) is 30.5 Å². The molecule has 2 aromatic rings. The number of amides is 1. The van der Waals surface area contributed by atoms with E-state index in [2.05, 4.69) is 27.9 Å². The number of benzene rings is 2. The van der Waals surface area contributed by atoms with E-state index in [1.807, 2.05) is 18.2 Å². The van der Waals surface area contributed by atoms with Gasteiger partial charge in [0.05, 0.1) is 4.90 Å². The zero-order chi connectivity index (χ0) is 21.6. The lowest BCUT2D eigenvalue weighted by Crippen LogP contribution is -2.33. The van der Waals surface area contributed by atoms with Gasteiger partial charge in [0.1, 0.15) is 0 Å². The second kappa shape index (κ2) is 10.2. The number of carbonyl (C=O) groups is 1. The van der Waals surface area contributed by atoms with Crippen LogP contribution in [0.5, 0.6) is 0 Å². The monoisotopic (exact) mass is 429 g/mol. The fourth-order valence-electron chi connectivity index (χ4n) is 3.68. The molecule has 162 valence electrons. The maximum Gasteiger partial charge on any atom is 0.251 e. The minimum atomic E-state index is -3.52. The summed E-state index contributed by atoms with van der Waals surface area (Å²) in [5.41, 5.74) is 2.78. The highest BCUT2D eigenvalue weighted by Gasteiger charge is 2.17. The van der Waals surface area contributed by atoms with Crippen molar-refractivity contribution in [2.75, 3.05) is 19.6 Å². The average molecular weight is 430 g/mol. The van der Waals surface area contributed by atoms with Gasteiger partial charge in [0.2, 0.25) is 10.0 Å². The number of hydrogen-bond donors (Lipinski definition) is 2. The molecular formula is C23H31N3O3S. The van der Waals surface area contributed by atoms with Crippen LogP contribution < -0.4 is 10.0 Å². The summed E-state index contributed by atoms with van der Waals surface area (Å²) in [5, 5.41) is 2.96. The van der Waals surface area contributed by atoms with Crippen molar-refractivity contribution >= 4 is 15.9 Å². The molecule has 3 rings (SSSR count). The fraction of sp³-hybridized carbons (Fsp3) is 0.435. The summed E-state index contributed by atoms with van der Waals surface area (Å²) in [7, 11) is -3.52. The molecule has 0 spiro atoms. The van der Waals surface area contributed by atoms with Crippen molar-refractivity contribution in [1.29, 1.82) is 0 Å². The molecule has 30 heavy (non-hydrogen) atoms. The van der Waals surface area contributed by atoms with Gasteiger partial charge in [-0.25, -0.2) is 13.1 Å². The maximum atomic E-state index is 12.6. The van der Waals surface area contributed by atoms with E-state index >= 15 is 0 Å². The van der Waals surface area contributed by atoms with Crippen molar-refractivity contribution in [3.8, 4) is 0 Å². The SMILES string of the molecule is CCNS(=O)(=O)c1ccc(C(=O)NCc2ccccc2CN2CCC(C)CC2)cc1. The van der Waals surface area contributed by atoms with Crippen molar-refractivity contribution in [2.24, 2.45) is 5.92 Å². The maximum absolute atomic E-state index is 12.6. The minimum absolute atomic E-state index is 0.155. The largest absolute Gasteiger partial charge is 0.348 e. The van der Waals surface area contributed by atoms with E-state index in [-0.39, 0.29) is 10.8 Å². The molecule has 1 heterocycles. The summed E-state index contributed by atoms with van der Waals surface area (Å²) in [6.45, 7) is 7.92. The highest BCUT2D eigenvalue weighted by molar-refractivity contribution is 7.89. The van der Waals surface area contributed by atoms with Crippen molar-refractivity contribution < 1.29 is 13.2 Å². The lowest BCUT2D eigenvalue weighted by atomic mass is 9.98. The highest BCUT2D eigenvalue weighted by Crippen LogP contribution is 2.20. The van der Waals surface area contributed by atoms with Gasteiger partial charge in [-0.2, -0.15) is 0 Å². The van der Waals surface area contributed by atoms with Crippen LogP contribution in [0.25, 0.3) is 0 Å². The average Bonchev–Trinajstić information content (AvgIpc) is 2.74. The third-order valence-electron chi connectivity index (χ3n) is 5.59. The normalized spacial score (nSPS) is 15.8. The molecule has 6 nitrogen and oxygen atoms in total. The van der Waals surface area contributed by atoms with Gasteiger partial charge in [0, 0.05) is 25.2 Å².